The van der Waals surface area contributed by atoms with Gasteiger partial charge in [0.1, 0.15) is 5.82 Å². The molecular formula is C13H23N3. The van der Waals surface area contributed by atoms with Crippen LogP contribution in [0.25, 0.3) is 0 Å². The lowest BCUT2D eigenvalue weighted by molar-refractivity contribution is 0.437. The van der Waals surface area contributed by atoms with E-state index in [1.807, 2.05) is 6.20 Å². The summed E-state index contributed by atoms with van der Waals surface area (Å²) in [7, 11) is 0. The summed E-state index contributed by atoms with van der Waals surface area (Å²) in [6.07, 6.45) is 9.85. The lowest BCUT2D eigenvalue weighted by Gasteiger charge is -2.20. The first kappa shape index (κ1) is 11.6. The van der Waals surface area contributed by atoms with Crippen LogP contribution in [0, 0.1) is 0 Å². The molecule has 1 aromatic heterocycles. The van der Waals surface area contributed by atoms with Crippen LogP contribution >= 0.6 is 0 Å². The molecule has 1 saturated carbocycles. The van der Waals surface area contributed by atoms with E-state index in [0.29, 0.717) is 5.92 Å². The van der Waals surface area contributed by atoms with Crippen LogP contribution < -0.4 is 5.73 Å². The maximum atomic E-state index is 5.57. The minimum absolute atomic E-state index is 0.461. The summed E-state index contributed by atoms with van der Waals surface area (Å²) in [5.41, 5.74) is 6.92. The van der Waals surface area contributed by atoms with Crippen molar-refractivity contribution in [2.45, 2.75) is 57.3 Å². The van der Waals surface area contributed by atoms with Crippen LogP contribution in [-0.4, -0.2) is 16.5 Å². The SMILES string of the molecule is CC(CCN)c1ncc(C2CCCCC2)[nH]1. The van der Waals surface area contributed by atoms with Crippen molar-refractivity contribution in [2.75, 3.05) is 6.54 Å². The van der Waals surface area contributed by atoms with E-state index in [4.69, 9.17) is 5.73 Å². The molecule has 0 saturated heterocycles. The summed E-state index contributed by atoms with van der Waals surface area (Å²) in [4.78, 5) is 8.00. The van der Waals surface area contributed by atoms with Gasteiger partial charge in [0.05, 0.1) is 0 Å². The lowest BCUT2D eigenvalue weighted by Crippen LogP contribution is -2.07. The van der Waals surface area contributed by atoms with Crippen LogP contribution in [0.4, 0.5) is 0 Å². The number of hydrogen-bond donors (Lipinski definition) is 2. The second-order valence-electron chi connectivity index (χ2n) is 5.04. The predicted octanol–water partition coefficient (Wildman–Crippen LogP) is 2.91. The van der Waals surface area contributed by atoms with E-state index in [-0.39, 0.29) is 0 Å². The fraction of sp³-hybridized carbons (Fsp3) is 0.769. The molecule has 3 heteroatoms. The molecule has 16 heavy (non-hydrogen) atoms. The van der Waals surface area contributed by atoms with Crippen molar-refractivity contribution in [3.05, 3.63) is 17.7 Å². The quantitative estimate of drug-likeness (QED) is 0.821. The molecule has 0 aromatic carbocycles. The lowest BCUT2D eigenvalue weighted by atomic mass is 9.87. The van der Waals surface area contributed by atoms with Crippen LogP contribution in [0.1, 0.15) is 68.8 Å². The summed E-state index contributed by atoms with van der Waals surface area (Å²) < 4.78 is 0. The Morgan fingerprint density at radius 2 is 2.19 bits per heavy atom. The number of hydrogen-bond acceptors (Lipinski definition) is 2. The molecule has 3 nitrogen and oxygen atoms in total. The van der Waals surface area contributed by atoms with E-state index in [9.17, 15) is 0 Å². The summed E-state index contributed by atoms with van der Waals surface area (Å²) >= 11 is 0. The van der Waals surface area contributed by atoms with Crippen LogP contribution in [0.15, 0.2) is 6.20 Å². The summed E-state index contributed by atoms with van der Waals surface area (Å²) in [6, 6.07) is 0. The van der Waals surface area contributed by atoms with Gasteiger partial charge in [-0.1, -0.05) is 26.2 Å². The second kappa shape index (κ2) is 5.48. The minimum atomic E-state index is 0.461. The Kier molecular flexibility index (Phi) is 3.99. The predicted molar refractivity (Wildman–Crippen MR) is 66.5 cm³/mol. The number of aromatic amines is 1. The third kappa shape index (κ3) is 2.64. The highest BCUT2D eigenvalue weighted by Crippen LogP contribution is 2.32. The molecule has 0 aliphatic heterocycles. The zero-order valence-corrected chi connectivity index (χ0v) is 10.2. The van der Waals surface area contributed by atoms with Gasteiger partial charge >= 0.3 is 0 Å². The largest absolute Gasteiger partial charge is 0.345 e. The van der Waals surface area contributed by atoms with Gasteiger partial charge in [-0.05, 0) is 25.8 Å². The third-order valence-corrected chi connectivity index (χ3v) is 3.73. The van der Waals surface area contributed by atoms with Crippen molar-refractivity contribution >= 4 is 0 Å². The van der Waals surface area contributed by atoms with Gasteiger partial charge in [0.2, 0.25) is 0 Å². The van der Waals surface area contributed by atoms with Crippen molar-refractivity contribution in [3.63, 3.8) is 0 Å². The Bertz CT molecular complexity index is 313. The van der Waals surface area contributed by atoms with Gasteiger partial charge in [0, 0.05) is 23.7 Å². The average molecular weight is 221 g/mol. The molecule has 2 rings (SSSR count). The summed E-state index contributed by atoms with van der Waals surface area (Å²) in [5.74, 6) is 2.30. The van der Waals surface area contributed by atoms with Gasteiger partial charge in [-0.3, -0.25) is 0 Å². The Labute approximate surface area is 97.8 Å². The number of rotatable bonds is 4. The normalized spacial score (nSPS) is 19.9. The van der Waals surface area contributed by atoms with Crippen molar-refractivity contribution in [1.29, 1.82) is 0 Å². The molecular weight excluding hydrogens is 198 g/mol. The van der Waals surface area contributed by atoms with Gasteiger partial charge in [0.25, 0.3) is 0 Å². The Hall–Kier alpha value is -0.830. The van der Waals surface area contributed by atoms with Crippen LogP contribution in [0.5, 0.6) is 0 Å². The summed E-state index contributed by atoms with van der Waals surface area (Å²) in [6.45, 7) is 2.93. The van der Waals surface area contributed by atoms with Crippen molar-refractivity contribution in [3.8, 4) is 0 Å². The number of aromatic nitrogens is 2. The molecule has 1 heterocycles. The van der Waals surface area contributed by atoms with Crippen molar-refractivity contribution < 1.29 is 0 Å². The molecule has 1 aromatic rings. The van der Waals surface area contributed by atoms with Gasteiger partial charge in [0.15, 0.2) is 0 Å². The molecule has 1 atom stereocenters. The van der Waals surface area contributed by atoms with Crippen LogP contribution in [-0.2, 0) is 0 Å². The van der Waals surface area contributed by atoms with Crippen LogP contribution in [0.3, 0.4) is 0 Å². The first-order valence-electron chi connectivity index (χ1n) is 6.56. The zero-order valence-electron chi connectivity index (χ0n) is 10.2. The fourth-order valence-corrected chi connectivity index (χ4v) is 2.61. The number of nitrogens with one attached hydrogen (secondary N) is 1. The standard InChI is InChI=1S/C13H23N3/c1-10(7-8-14)13-15-9-12(16-13)11-5-3-2-4-6-11/h9-11H,2-8,14H2,1H3,(H,15,16). The monoisotopic (exact) mass is 221 g/mol. The Balaban J connectivity index is 2.00. The highest BCUT2D eigenvalue weighted by atomic mass is 14.9. The highest BCUT2D eigenvalue weighted by Gasteiger charge is 2.18. The molecule has 0 amide bonds. The first-order valence-corrected chi connectivity index (χ1v) is 6.56. The van der Waals surface area contributed by atoms with E-state index in [1.165, 1.54) is 37.8 Å². The van der Waals surface area contributed by atoms with E-state index in [2.05, 4.69) is 16.9 Å². The molecule has 1 fully saturated rings. The molecule has 0 radical (unpaired) electrons. The zero-order chi connectivity index (χ0) is 11.4. The van der Waals surface area contributed by atoms with Gasteiger partial charge < -0.3 is 10.7 Å². The van der Waals surface area contributed by atoms with Crippen molar-refractivity contribution in [2.24, 2.45) is 5.73 Å². The van der Waals surface area contributed by atoms with E-state index in [1.54, 1.807) is 0 Å². The number of H-pyrrole nitrogens is 1. The third-order valence-electron chi connectivity index (χ3n) is 3.73. The fourth-order valence-electron chi connectivity index (χ4n) is 2.61. The van der Waals surface area contributed by atoms with E-state index in [0.717, 1.165) is 24.7 Å². The number of nitrogens with zero attached hydrogens (tertiary/aromatic N) is 1. The number of nitrogens with two attached hydrogens (primary N) is 1. The molecule has 1 aliphatic carbocycles. The molecule has 0 spiro atoms. The van der Waals surface area contributed by atoms with Gasteiger partial charge in [-0.25, -0.2) is 4.98 Å². The van der Waals surface area contributed by atoms with E-state index < -0.39 is 0 Å². The maximum absolute atomic E-state index is 5.57. The van der Waals surface area contributed by atoms with E-state index >= 15 is 0 Å². The van der Waals surface area contributed by atoms with Crippen LogP contribution in [0.2, 0.25) is 0 Å². The Morgan fingerprint density at radius 3 is 2.88 bits per heavy atom. The minimum Gasteiger partial charge on any atom is -0.345 e. The maximum Gasteiger partial charge on any atom is 0.109 e. The average Bonchev–Trinajstić information content (AvgIpc) is 2.80. The Morgan fingerprint density at radius 1 is 1.44 bits per heavy atom. The first-order chi connectivity index (χ1) is 7.81. The molecule has 1 aliphatic rings. The number of imidazole rings is 1. The molecule has 90 valence electrons. The topological polar surface area (TPSA) is 54.7 Å². The molecule has 1 unspecified atom stereocenters. The van der Waals surface area contributed by atoms with Gasteiger partial charge in [-0.2, -0.15) is 0 Å². The second-order valence-corrected chi connectivity index (χ2v) is 5.04. The smallest absolute Gasteiger partial charge is 0.109 e. The van der Waals surface area contributed by atoms with Gasteiger partial charge in [-0.15, -0.1) is 0 Å². The molecule has 3 N–H and O–H groups in total. The summed E-state index contributed by atoms with van der Waals surface area (Å²) in [5, 5.41) is 0. The highest BCUT2D eigenvalue weighted by molar-refractivity contribution is 5.10. The molecule has 0 bridgehead atoms. The van der Waals surface area contributed by atoms with Crippen molar-refractivity contribution in [1.82, 2.24) is 9.97 Å².